The van der Waals surface area contributed by atoms with Gasteiger partial charge in [-0.2, -0.15) is 0 Å². The summed E-state index contributed by atoms with van der Waals surface area (Å²) in [6, 6.07) is 31.0. The Morgan fingerprint density at radius 1 is 0.905 bits per heavy atom. The molecule has 1 unspecified atom stereocenters. The Kier molecular flexibility index (Phi) is 8.93. The quantitative estimate of drug-likeness (QED) is 0.103. The maximum absolute atomic E-state index is 13.3. The number of hydrogen-bond donors (Lipinski definition) is 2. The maximum atomic E-state index is 13.3. The van der Waals surface area contributed by atoms with Gasteiger partial charge in [0.25, 0.3) is 5.69 Å². The van der Waals surface area contributed by atoms with Crippen molar-refractivity contribution in [3.05, 3.63) is 141 Å². The molecule has 2 N–H and O–H groups in total. The molecular formula is C32H30N6O3S. The average Bonchev–Trinajstić information content (AvgIpc) is 3.41. The number of anilines is 1. The molecule has 0 spiro atoms. The van der Waals surface area contributed by atoms with Gasteiger partial charge in [-0.3, -0.25) is 14.7 Å². The van der Waals surface area contributed by atoms with Crippen LogP contribution in [-0.4, -0.2) is 25.7 Å². The van der Waals surface area contributed by atoms with Crippen molar-refractivity contribution in [2.45, 2.75) is 37.2 Å². The van der Waals surface area contributed by atoms with Gasteiger partial charge in [0.05, 0.1) is 11.0 Å². The fraction of sp³-hybridized carbons (Fsp3) is 0.156. The molecule has 212 valence electrons. The van der Waals surface area contributed by atoms with Crippen molar-refractivity contribution in [1.29, 1.82) is 0 Å². The van der Waals surface area contributed by atoms with Crippen LogP contribution in [-0.2, 0) is 12.2 Å². The Bertz CT molecular complexity index is 1690. The Labute approximate surface area is 248 Å². The minimum atomic E-state index is -0.563. The first-order valence-corrected chi connectivity index (χ1v) is 14.4. The largest absolute Gasteiger partial charge is 0.327 e. The third-order valence-electron chi connectivity index (χ3n) is 6.72. The Hall–Kier alpha value is -4.96. The Morgan fingerprint density at radius 2 is 1.62 bits per heavy atom. The highest BCUT2D eigenvalue weighted by Crippen LogP contribution is 2.30. The van der Waals surface area contributed by atoms with Gasteiger partial charge in [-0.15, -0.1) is 10.2 Å². The van der Waals surface area contributed by atoms with Crippen molar-refractivity contribution in [2.24, 2.45) is 0 Å². The summed E-state index contributed by atoms with van der Waals surface area (Å²) in [4.78, 5) is 24.2. The van der Waals surface area contributed by atoms with E-state index in [-0.39, 0.29) is 11.7 Å². The van der Waals surface area contributed by atoms with Crippen LogP contribution < -0.4 is 10.6 Å². The molecule has 0 aliphatic rings. The summed E-state index contributed by atoms with van der Waals surface area (Å²) in [5, 5.41) is 27.1. The number of aromatic nitrogens is 3. The fourth-order valence-corrected chi connectivity index (χ4v) is 5.50. The highest BCUT2D eigenvalue weighted by Gasteiger charge is 2.25. The van der Waals surface area contributed by atoms with Crippen LogP contribution in [0.15, 0.2) is 108 Å². The zero-order valence-corrected chi connectivity index (χ0v) is 24.0. The van der Waals surface area contributed by atoms with E-state index >= 15 is 0 Å². The molecule has 2 amide bonds. The summed E-state index contributed by atoms with van der Waals surface area (Å²) >= 11 is 1.51. The van der Waals surface area contributed by atoms with Crippen LogP contribution in [0.1, 0.15) is 34.1 Å². The second-order valence-electron chi connectivity index (χ2n) is 9.88. The van der Waals surface area contributed by atoms with E-state index in [4.69, 9.17) is 0 Å². The molecule has 0 aliphatic carbocycles. The molecular weight excluding hydrogens is 548 g/mol. The van der Waals surface area contributed by atoms with E-state index in [9.17, 15) is 14.9 Å². The van der Waals surface area contributed by atoms with Gasteiger partial charge in [0.2, 0.25) is 0 Å². The SMILES string of the molecule is Cc1cccc(CSc2nnc(C(Cc3ccccc3)NC(=O)Nc3ccccc3C)n2-c2ccc([N+](=O)[O-])cc2)c1. The monoisotopic (exact) mass is 578 g/mol. The second kappa shape index (κ2) is 13.1. The number of aryl methyl sites for hydroxylation is 2. The number of thioether (sulfide) groups is 1. The third kappa shape index (κ3) is 7.02. The molecule has 0 saturated carbocycles. The number of nitrogens with zero attached hydrogens (tertiary/aromatic N) is 4. The van der Waals surface area contributed by atoms with Crippen molar-refractivity contribution in [1.82, 2.24) is 20.1 Å². The molecule has 5 rings (SSSR count). The van der Waals surface area contributed by atoms with Crippen LogP contribution in [0.5, 0.6) is 0 Å². The highest BCUT2D eigenvalue weighted by atomic mass is 32.2. The lowest BCUT2D eigenvalue weighted by Gasteiger charge is -2.21. The number of nitro benzene ring substituents is 1. The molecule has 0 fully saturated rings. The van der Waals surface area contributed by atoms with E-state index < -0.39 is 11.0 Å². The number of para-hydroxylation sites is 1. The van der Waals surface area contributed by atoms with E-state index in [1.54, 1.807) is 12.1 Å². The van der Waals surface area contributed by atoms with Gasteiger partial charge in [-0.1, -0.05) is 90.1 Å². The molecule has 0 bridgehead atoms. The van der Waals surface area contributed by atoms with Gasteiger partial charge < -0.3 is 10.6 Å². The molecule has 0 aliphatic heterocycles. The van der Waals surface area contributed by atoms with E-state index in [0.717, 1.165) is 22.3 Å². The lowest BCUT2D eigenvalue weighted by molar-refractivity contribution is -0.384. The molecule has 5 aromatic rings. The van der Waals surface area contributed by atoms with Crippen LogP contribution in [0.4, 0.5) is 16.2 Å². The number of nitrogens with one attached hydrogen (secondary N) is 2. The van der Waals surface area contributed by atoms with Crippen molar-refractivity contribution in [2.75, 3.05) is 5.32 Å². The van der Waals surface area contributed by atoms with Crippen molar-refractivity contribution in [3.8, 4) is 5.69 Å². The molecule has 9 nitrogen and oxygen atoms in total. The molecule has 10 heteroatoms. The zero-order valence-electron chi connectivity index (χ0n) is 23.2. The number of carbonyl (C=O) groups excluding carboxylic acids is 1. The van der Waals surface area contributed by atoms with Crippen LogP contribution in [0, 0.1) is 24.0 Å². The first-order chi connectivity index (χ1) is 20.4. The van der Waals surface area contributed by atoms with E-state index in [1.807, 2.05) is 85.1 Å². The smallest absolute Gasteiger partial charge is 0.319 e. The van der Waals surface area contributed by atoms with E-state index in [1.165, 1.54) is 23.9 Å². The third-order valence-corrected chi connectivity index (χ3v) is 7.72. The van der Waals surface area contributed by atoms with Crippen molar-refractivity contribution >= 4 is 29.2 Å². The average molecular weight is 579 g/mol. The topological polar surface area (TPSA) is 115 Å². The predicted octanol–water partition coefficient (Wildman–Crippen LogP) is 7.19. The van der Waals surface area contributed by atoms with E-state index in [2.05, 4.69) is 33.0 Å². The number of amides is 2. The first-order valence-electron chi connectivity index (χ1n) is 13.4. The van der Waals surface area contributed by atoms with Gasteiger partial charge in [-0.25, -0.2) is 4.79 Å². The summed E-state index contributed by atoms with van der Waals surface area (Å²) in [5.41, 5.74) is 5.60. The minimum absolute atomic E-state index is 0.0149. The lowest BCUT2D eigenvalue weighted by atomic mass is 10.1. The van der Waals surface area contributed by atoms with Crippen molar-refractivity contribution < 1.29 is 9.72 Å². The summed E-state index contributed by atoms with van der Waals surface area (Å²) in [7, 11) is 0. The van der Waals surface area contributed by atoms with Crippen LogP contribution >= 0.6 is 11.8 Å². The van der Waals surface area contributed by atoms with Gasteiger partial charge in [0.15, 0.2) is 11.0 Å². The summed E-state index contributed by atoms with van der Waals surface area (Å²) in [6.45, 7) is 3.98. The Morgan fingerprint density at radius 3 is 2.33 bits per heavy atom. The number of rotatable bonds is 10. The molecule has 1 heterocycles. The number of non-ortho nitro benzene ring substituents is 1. The minimum Gasteiger partial charge on any atom is -0.327 e. The van der Waals surface area contributed by atoms with Gasteiger partial charge >= 0.3 is 6.03 Å². The number of benzene rings is 4. The standard InChI is InChI=1S/C32H30N6O3S/c1-22-9-8-13-25(19-22)21-42-32-36-35-30(37(32)26-15-17-27(18-16-26)38(40)41)29(20-24-11-4-3-5-12-24)34-31(39)33-28-14-7-6-10-23(28)2/h3-19,29H,20-21H2,1-2H3,(H2,33,34,39). The summed E-state index contributed by atoms with van der Waals surface area (Å²) < 4.78 is 1.87. The molecule has 42 heavy (non-hydrogen) atoms. The van der Waals surface area contributed by atoms with Crippen LogP contribution in [0.3, 0.4) is 0 Å². The summed E-state index contributed by atoms with van der Waals surface area (Å²) in [6.07, 6.45) is 0.454. The number of carbonyl (C=O) groups is 1. The fourth-order valence-electron chi connectivity index (χ4n) is 4.60. The second-order valence-corrected chi connectivity index (χ2v) is 10.8. The highest BCUT2D eigenvalue weighted by molar-refractivity contribution is 7.98. The number of hydrogen-bond acceptors (Lipinski definition) is 6. The molecule has 1 atom stereocenters. The van der Waals surface area contributed by atoms with Crippen LogP contribution in [0.25, 0.3) is 5.69 Å². The maximum Gasteiger partial charge on any atom is 0.319 e. The first kappa shape index (κ1) is 28.6. The predicted molar refractivity (Wildman–Crippen MR) is 165 cm³/mol. The summed E-state index contributed by atoms with van der Waals surface area (Å²) in [5.74, 6) is 1.16. The molecule has 4 aromatic carbocycles. The van der Waals surface area contributed by atoms with Crippen LogP contribution in [0.2, 0.25) is 0 Å². The lowest BCUT2D eigenvalue weighted by Crippen LogP contribution is -2.35. The van der Waals surface area contributed by atoms with Crippen molar-refractivity contribution in [3.63, 3.8) is 0 Å². The number of nitro groups is 1. The normalized spacial score (nSPS) is 11.6. The molecule has 0 saturated heterocycles. The van der Waals surface area contributed by atoms with Gasteiger partial charge in [0.1, 0.15) is 0 Å². The van der Waals surface area contributed by atoms with Gasteiger partial charge in [-0.05, 0) is 48.7 Å². The molecule has 1 aromatic heterocycles. The number of urea groups is 1. The Balaban J connectivity index is 1.52. The molecule has 0 radical (unpaired) electrons. The zero-order chi connectivity index (χ0) is 29.5. The van der Waals surface area contributed by atoms with E-state index in [0.29, 0.717) is 34.5 Å². The van der Waals surface area contributed by atoms with Gasteiger partial charge in [0, 0.05) is 35.7 Å².